The van der Waals surface area contributed by atoms with E-state index in [2.05, 4.69) is 34.5 Å². The van der Waals surface area contributed by atoms with E-state index in [1.54, 1.807) is 6.20 Å². The van der Waals surface area contributed by atoms with Crippen LogP contribution in [0.2, 0.25) is 0 Å². The van der Waals surface area contributed by atoms with Crippen LogP contribution in [0.25, 0.3) is 0 Å². The van der Waals surface area contributed by atoms with E-state index in [0.717, 1.165) is 18.8 Å². The van der Waals surface area contributed by atoms with Crippen molar-refractivity contribution in [1.29, 1.82) is 0 Å². The highest BCUT2D eigenvalue weighted by Gasteiger charge is 2.04. The van der Waals surface area contributed by atoms with E-state index in [1.807, 2.05) is 11.5 Å². The van der Waals surface area contributed by atoms with Gasteiger partial charge in [0.1, 0.15) is 5.82 Å². The SMILES string of the molecule is CCCCCCCCCCCCn1c(C)ncc(I)c1=O. The molecule has 120 valence electrons. The smallest absolute Gasteiger partial charge is 0.266 e. The highest BCUT2D eigenvalue weighted by atomic mass is 127. The maximum Gasteiger partial charge on any atom is 0.266 e. The minimum Gasteiger partial charge on any atom is -0.296 e. The summed E-state index contributed by atoms with van der Waals surface area (Å²) in [4.78, 5) is 16.3. The largest absolute Gasteiger partial charge is 0.296 e. The van der Waals surface area contributed by atoms with Crippen molar-refractivity contribution in [3.8, 4) is 0 Å². The quantitative estimate of drug-likeness (QED) is 0.381. The number of halogens is 1. The molecule has 1 aromatic rings. The van der Waals surface area contributed by atoms with Gasteiger partial charge < -0.3 is 0 Å². The van der Waals surface area contributed by atoms with E-state index in [4.69, 9.17) is 0 Å². The third-order valence-corrected chi connectivity index (χ3v) is 4.68. The van der Waals surface area contributed by atoms with Crippen LogP contribution in [0, 0.1) is 10.5 Å². The van der Waals surface area contributed by atoms with Crippen molar-refractivity contribution in [1.82, 2.24) is 9.55 Å². The maximum absolute atomic E-state index is 12.0. The van der Waals surface area contributed by atoms with Gasteiger partial charge in [0.05, 0.1) is 3.57 Å². The standard InChI is InChI=1S/C17H29IN2O/c1-3-4-5-6-7-8-9-10-11-12-13-20-15(2)19-14-16(18)17(20)21/h14H,3-13H2,1-2H3. The third kappa shape index (κ3) is 7.43. The molecule has 0 fully saturated rings. The Morgan fingerprint density at radius 3 is 2.10 bits per heavy atom. The number of unbranched alkanes of at least 4 members (excludes halogenated alkanes) is 9. The molecule has 1 heterocycles. The summed E-state index contributed by atoms with van der Waals surface area (Å²) in [5.74, 6) is 0.830. The minimum atomic E-state index is 0.110. The van der Waals surface area contributed by atoms with Crippen LogP contribution in [-0.2, 0) is 6.54 Å². The molecule has 3 nitrogen and oxygen atoms in total. The zero-order chi connectivity index (χ0) is 15.5. The molecule has 0 bridgehead atoms. The molecule has 1 rings (SSSR count). The van der Waals surface area contributed by atoms with Gasteiger partial charge in [-0.1, -0.05) is 64.7 Å². The Morgan fingerprint density at radius 1 is 1.00 bits per heavy atom. The van der Waals surface area contributed by atoms with E-state index in [0.29, 0.717) is 3.57 Å². The van der Waals surface area contributed by atoms with Crippen LogP contribution in [0.15, 0.2) is 11.0 Å². The van der Waals surface area contributed by atoms with E-state index in [9.17, 15) is 4.79 Å². The van der Waals surface area contributed by atoms with Crippen LogP contribution in [0.1, 0.15) is 77.0 Å². The lowest BCUT2D eigenvalue weighted by Gasteiger charge is -2.09. The molecule has 0 radical (unpaired) electrons. The lowest BCUT2D eigenvalue weighted by Crippen LogP contribution is -2.25. The molecule has 0 aromatic carbocycles. The second-order valence-electron chi connectivity index (χ2n) is 5.79. The van der Waals surface area contributed by atoms with Gasteiger partial charge in [0.25, 0.3) is 5.56 Å². The minimum absolute atomic E-state index is 0.110. The Balaban J connectivity index is 2.10. The van der Waals surface area contributed by atoms with Crippen molar-refractivity contribution >= 4 is 22.6 Å². The number of rotatable bonds is 11. The van der Waals surface area contributed by atoms with Gasteiger partial charge in [-0.2, -0.15) is 0 Å². The highest BCUT2D eigenvalue weighted by molar-refractivity contribution is 14.1. The van der Waals surface area contributed by atoms with Gasteiger partial charge >= 0.3 is 0 Å². The Bertz CT molecular complexity index is 457. The first-order chi connectivity index (χ1) is 10.2. The van der Waals surface area contributed by atoms with Gasteiger partial charge in [-0.05, 0) is 35.9 Å². The fourth-order valence-corrected chi connectivity index (χ4v) is 3.00. The summed E-state index contributed by atoms with van der Waals surface area (Å²) < 4.78 is 2.53. The van der Waals surface area contributed by atoms with Crippen molar-refractivity contribution in [2.45, 2.75) is 84.6 Å². The van der Waals surface area contributed by atoms with E-state index in [1.165, 1.54) is 57.8 Å². The Hall–Kier alpha value is -0.390. The third-order valence-electron chi connectivity index (χ3n) is 3.94. The average Bonchev–Trinajstić information content (AvgIpc) is 2.48. The van der Waals surface area contributed by atoms with Crippen molar-refractivity contribution < 1.29 is 0 Å². The van der Waals surface area contributed by atoms with Gasteiger partial charge in [-0.15, -0.1) is 0 Å². The summed E-state index contributed by atoms with van der Waals surface area (Å²) in [7, 11) is 0. The number of nitrogens with zero attached hydrogens (tertiary/aromatic N) is 2. The molecule has 21 heavy (non-hydrogen) atoms. The lowest BCUT2D eigenvalue weighted by atomic mass is 10.1. The van der Waals surface area contributed by atoms with Gasteiger partial charge in [-0.25, -0.2) is 4.98 Å². The monoisotopic (exact) mass is 404 g/mol. The van der Waals surface area contributed by atoms with E-state index < -0.39 is 0 Å². The zero-order valence-electron chi connectivity index (χ0n) is 13.5. The van der Waals surface area contributed by atoms with Crippen molar-refractivity contribution in [3.05, 3.63) is 25.9 Å². The first-order valence-corrected chi connectivity index (χ1v) is 9.46. The Labute approximate surface area is 142 Å². The van der Waals surface area contributed by atoms with E-state index >= 15 is 0 Å². The molecule has 0 saturated carbocycles. The molecule has 0 saturated heterocycles. The van der Waals surface area contributed by atoms with Crippen molar-refractivity contribution in [3.63, 3.8) is 0 Å². The lowest BCUT2D eigenvalue weighted by molar-refractivity contribution is 0.521. The number of aryl methyl sites for hydroxylation is 1. The average molecular weight is 404 g/mol. The van der Waals surface area contributed by atoms with Gasteiger partial charge in [-0.3, -0.25) is 9.36 Å². The number of aromatic nitrogens is 2. The molecule has 0 amide bonds. The summed E-state index contributed by atoms with van der Waals surface area (Å²) in [6.45, 7) is 4.98. The molecule has 0 spiro atoms. The van der Waals surface area contributed by atoms with Crippen LogP contribution >= 0.6 is 22.6 Å². The predicted octanol–water partition coefficient (Wildman–Crippen LogP) is 5.08. The molecular formula is C17H29IN2O. The van der Waals surface area contributed by atoms with Crippen LogP contribution in [0.4, 0.5) is 0 Å². The molecule has 0 N–H and O–H groups in total. The molecule has 1 aromatic heterocycles. The second-order valence-corrected chi connectivity index (χ2v) is 6.95. The normalized spacial score (nSPS) is 11.0. The van der Waals surface area contributed by atoms with E-state index in [-0.39, 0.29) is 5.56 Å². The van der Waals surface area contributed by atoms with Crippen molar-refractivity contribution in [2.24, 2.45) is 0 Å². The fraction of sp³-hybridized carbons (Fsp3) is 0.765. The zero-order valence-corrected chi connectivity index (χ0v) is 15.7. The molecule has 0 aliphatic rings. The predicted molar refractivity (Wildman–Crippen MR) is 97.8 cm³/mol. The van der Waals surface area contributed by atoms with Crippen LogP contribution in [0.5, 0.6) is 0 Å². The summed E-state index contributed by atoms with van der Waals surface area (Å²) >= 11 is 2.06. The summed E-state index contributed by atoms with van der Waals surface area (Å²) in [6, 6.07) is 0. The van der Waals surface area contributed by atoms with Gasteiger partial charge in [0.15, 0.2) is 0 Å². The van der Waals surface area contributed by atoms with Gasteiger partial charge in [0.2, 0.25) is 0 Å². The molecular weight excluding hydrogens is 375 g/mol. The number of hydrogen-bond acceptors (Lipinski definition) is 2. The second kappa shape index (κ2) is 11.2. The summed E-state index contributed by atoms with van der Waals surface area (Å²) in [5.41, 5.74) is 0.110. The Kier molecular flexibility index (Phi) is 9.96. The maximum atomic E-state index is 12.0. The Morgan fingerprint density at radius 2 is 1.52 bits per heavy atom. The molecule has 4 heteroatoms. The fourth-order valence-electron chi connectivity index (χ4n) is 2.57. The first-order valence-electron chi connectivity index (χ1n) is 8.38. The van der Waals surface area contributed by atoms with Crippen LogP contribution in [0.3, 0.4) is 0 Å². The summed E-state index contributed by atoms with van der Waals surface area (Å²) in [6.07, 6.45) is 14.9. The highest BCUT2D eigenvalue weighted by Crippen LogP contribution is 2.11. The molecule has 0 atom stereocenters. The number of hydrogen-bond donors (Lipinski definition) is 0. The molecule has 0 aliphatic heterocycles. The van der Waals surface area contributed by atoms with Gasteiger partial charge in [0, 0.05) is 12.7 Å². The topological polar surface area (TPSA) is 34.9 Å². The van der Waals surface area contributed by atoms with Crippen molar-refractivity contribution in [2.75, 3.05) is 0 Å². The first kappa shape index (κ1) is 18.7. The molecule has 0 aliphatic carbocycles. The van der Waals surface area contributed by atoms with Crippen LogP contribution in [-0.4, -0.2) is 9.55 Å². The van der Waals surface area contributed by atoms with Crippen LogP contribution < -0.4 is 5.56 Å². The molecule has 0 unspecified atom stereocenters. The summed E-state index contributed by atoms with van der Waals surface area (Å²) in [5, 5.41) is 0.